The number of ether oxygens (including phenoxy) is 2. The summed E-state index contributed by atoms with van der Waals surface area (Å²) in [6.07, 6.45) is 0.0529. The number of rotatable bonds is 8. The molecule has 0 aliphatic heterocycles. The molecule has 0 unspecified atom stereocenters. The third-order valence-corrected chi connectivity index (χ3v) is 5.90. The number of hydrogen-bond acceptors (Lipinski definition) is 7. The van der Waals surface area contributed by atoms with Crippen LogP contribution in [-0.2, 0) is 27.3 Å². The van der Waals surface area contributed by atoms with Crippen molar-refractivity contribution >= 4 is 34.6 Å². The minimum Gasteiger partial charge on any atom is -0.497 e. The van der Waals surface area contributed by atoms with Crippen LogP contribution in [0, 0.1) is 0 Å². The van der Waals surface area contributed by atoms with Crippen LogP contribution in [0.25, 0.3) is 9.88 Å². The lowest BCUT2D eigenvalue weighted by atomic mass is 10.2. The number of carbonyl (C=O) groups excluding carboxylic acids is 2. The van der Waals surface area contributed by atoms with E-state index in [0.29, 0.717) is 12.2 Å². The molecule has 0 fully saturated rings. The number of likely N-dealkylation sites (N-methyl/N-ethyl adjacent to an activating group) is 1. The molecule has 0 aliphatic rings. The maximum Gasteiger partial charge on any atom is 0.312 e. The standard InChI is InChI=1S/C20H20N2O4S2/c1-22(11-14-5-7-16(25-2)8-6-14)18(23)12-26-19(24)10-15-13-28-20(21-15)17-4-3-9-27-17/h3-9,13H,10-12H2,1-2H3. The molecule has 146 valence electrons. The molecule has 8 heteroatoms. The molecule has 0 aliphatic carbocycles. The Bertz CT molecular complexity index is 920. The van der Waals surface area contributed by atoms with Crippen molar-refractivity contribution < 1.29 is 19.1 Å². The summed E-state index contributed by atoms with van der Waals surface area (Å²) in [7, 11) is 3.28. The molecule has 0 saturated carbocycles. The molecule has 2 heterocycles. The number of thiophene rings is 1. The van der Waals surface area contributed by atoms with Gasteiger partial charge in [-0.05, 0) is 29.1 Å². The van der Waals surface area contributed by atoms with Crippen LogP contribution in [0.4, 0.5) is 0 Å². The highest BCUT2D eigenvalue weighted by Crippen LogP contribution is 2.27. The van der Waals surface area contributed by atoms with E-state index >= 15 is 0 Å². The first-order chi connectivity index (χ1) is 13.5. The summed E-state index contributed by atoms with van der Waals surface area (Å²) >= 11 is 3.09. The van der Waals surface area contributed by atoms with Crippen LogP contribution >= 0.6 is 22.7 Å². The lowest BCUT2D eigenvalue weighted by molar-refractivity contribution is -0.151. The van der Waals surface area contributed by atoms with Gasteiger partial charge in [0.15, 0.2) is 6.61 Å². The van der Waals surface area contributed by atoms with Crippen molar-refractivity contribution in [2.75, 3.05) is 20.8 Å². The highest BCUT2D eigenvalue weighted by Gasteiger charge is 2.15. The molecule has 0 atom stereocenters. The van der Waals surface area contributed by atoms with E-state index in [4.69, 9.17) is 9.47 Å². The third-order valence-electron chi connectivity index (χ3n) is 3.97. The highest BCUT2D eigenvalue weighted by atomic mass is 32.1. The zero-order chi connectivity index (χ0) is 19.9. The van der Waals surface area contributed by atoms with Gasteiger partial charge in [0.05, 0.1) is 24.1 Å². The third kappa shape index (κ3) is 5.40. The van der Waals surface area contributed by atoms with Crippen LogP contribution in [0.3, 0.4) is 0 Å². The van der Waals surface area contributed by atoms with Crippen molar-refractivity contribution in [3.63, 3.8) is 0 Å². The minimum atomic E-state index is -0.464. The zero-order valence-electron chi connectivity index (χ0n) is 15.6. The fourth-order valence-electron chi connectivity index (χ4n) is 2.45. The van der Waals surface area contributed by atoms with Crippen molar-refractivity contribution in [3.05, 3.63) is 58.4 Å². The average Bonchev–Trinajstić information content (AvgIpc) is 3.38. The predicted molar refractivity (Wildman–Crippen MR) is 110 cm³/mol. The number of esters is 1. The second-order valence-electron chi connectivity index (χ2n) is 6.06. The summed E-state index contributed by atoms with van der Waals surface area (Å²) in [5.74, 6) is 0.0342. The van der Waals surface area contributed by atoms with E-state index in [1.807, 2.05) is 47.2 Å². The smallest absolute Gasteiger partial charge is 0.312 e. The van der Waals surface area contributed by atoms with Gasteiger partial charge in [-0.1, -0.05) is 18.2 Å². The Morgan fingerprint density at radius 2 is 1.93 bits per heavy atom. The van der Waals surface area contributed by atoms with Crippen LogP contribution in [0.5, 0.6) is 5.75 Å². The Hall–Kier alpha value is -2.71. The summed E-state index contributed by atoms with van der Waals surface area (Å²) in [5.41, 5.74) is 1.61. The number of thiazole rings is 1. The summed E-state index contributed by atoms with van der Waals surface area (Å²) in [4.78, 5) is 31.3. The largest absolute Gasteiger partial charge is 0.497 e. The first kappa shape index (κ1) is 20.0. The molecular formula is C20H20N2O4S2. The molecule has 3 rings (SSSR count). The lowest BCUT2D eigenvalue weighted by Crippen LogP contribution is -2.31. The Morgan fingerprint density at radius 3 is 2.61 bits per heavy atom. The lowest BCUT2D eigenvalue weighted by Gasteiger charge is -2.17. The Kier molecular flexibility index (Phi) is 6.78. The number of nitrogens with zero attached hydrogens (tertiary/aromatic N) is 2. The molecule has 1 aromatic carbocycles. The fraction of sp³-hybridized carbons (Fsp3) is 0.250. The van der Waals surface area contributed by atoms with Gasteiger partial charge >= 0.3 is 5.97 Å². The molecule has 2 aromatic heterocycles. The van der Waals surface area contributed by atoms with Crippen molar-refractivity contribution in [1.82, 2.24) is 9.88 Å². The maximum atomic E-state index is 12.2. The highest BCUT2D eigenvalue weighted by molar-refractivity contribution is 7.20. The molecule has 1 amide bonds. The number of benzene rings is 1. The normalized spacial score (nSPS) is 10.5. The zero-order valence-corrected chi connectivity index (χ0v) is 17.2. The first-order valence-corrected chi connectivity index (χ1v) is 10.3. The van der Waals surface area contributed by atoms with Gasteiger partial charge in [-0.2, -0.15) is 0 Å². The monoisotopic (exact) mass is 416 g/mol. The van der Waals surface area contributed by atoms with Crippen LogP contribution in [-0.4, -0.2) is 42.5 Å². The summed E-state index contributed by atoms with van der Waals surface area (Å²) in [6.45, 7) is 0.143. The van der Waals surface area contributed by atoms with E-state index in [1.54, 1.807) is 25.5 Å². The topological polar surface area (TPSA) is 68.7 Å². The number of methoxy groups -OCH3 is 1. The number of hydrogen-bond donors (Lipinski definition) is 0. The van der Waals surface area contributed by atoms with Gasteiger partial charge in [0.1, 0.15) is 10.8 Å². The van der Waals surface area contributed by atoms with Crippen LogP contribution < -0.4 is 4.74 Å². The van der Waals surface area contributed by atoms with Crippen LogP contribution in [0.15, 0.2) is 47.2 Å². The predicted octanol–water partition coefficient (Wildman–Crippen LogP) is 3.62. The number of amides is 1. The van der Waals surface area contributed by atoms with Crippen molar-refractivity contribution in [2.24, 2.45) is 0 Å². The molecular weight excluding hydrogens is 396 g/mol. The molecule has 6 nitrogen and oxygen atoms in total. The van der Waals surface area contributed by atoms with Crippen molar-refractivity contribution in [3.8, 4) is 15.6 Å². The van der Waals surface area contributed by atoms with Gasteiger partial charge in [0, 0.05) is 19.0 Å². The van der Waals surface area contributed by atoms with Crippen molar-refractivity contribution in [1.29, 1.82) is 0 Å². The van der Waals surface area contributed by atoms with Gasteiger partial charge < -0.3 is 14.4 Å². The van der Waals surface area contributed by atoms with E-state index in [0.717, 1.165) is 21.2 Å². The molecule has 28 heavy (non-hydrogen) atoms. The van der Waals surface area contributed by atoms with Gasteiger partial charge in [-0.3, -0.25) is 9.59 Å². The van der Waals surface area contributed by atoms with Gasteiger partial charge in [-0.25, -0.2) is 4.98 Å². The molecule has 0 bridgehead atoms. The van der Waals surface area contributed by atoms with Gasteiger partial charge in [-0.15, -0.1) is 22.7 Å². The Balaban J connectivity index is 1.45. The van der Waals surface area contributed by atoms with E-state index in [2.05, 4.69) is 4.98 Å². The maximum absolute atomic E-state index is 12.2. The molecule has 0 radical (unpaired) electrons. The van der Waals surface area contributed by atoms with E-state index in [-0.39, 0.29) is 18.9 Å². The van der Waals surface area contributed by atoms with Gasteiger partial charge in [0.25, 0.3) is 5.91 Å². The van der Waals surface area contributed by atoms with Crippen molar-refractivity contribution in [2.45, 2.75) is 13.0 Å². The summed E-state index contributed by atoms with van der Waals surface area (Å²) in [6, 6.07) is 11.4. The van der Waals surface area contributed by atoms with E-state index in [1.165, 1.54) is 16.2 Å². The van der Waals surface area contributed by atoms with E-state index < -0.39 is 5.97 Å². The molecule has 0 saturated heterocycles. The van der Waals surface area contributed by atoms with Gasteiger partial charge in [0.2, 0.25) is 0 Å². The Morgan fingerprint density at radius 1 is 1.14 bits per heavy atom. The first-order valence-electron chi connectivity index (χ1n) is 8.56. The summed E-state index contributed by atoms with van der Waals surface area (Å²) < 4.78 is 10.2. The Labute approximate surface area is 171 Å². The number of carbonyl (C=O) groups is 2. The fourth-order valence-corrected chi connectivity index (χ4v) is 4.08. The second kappa shape index (κ2) is 9.48. The summed E-state index contributed by atoms with van der Waals surface area (Å²) in [5, 5.41) is 4.71. The van der Waals surface area contributed by atoms with Crippen LogP contribution in [0.1, 0.15) is 11.3 Å². The quantitative estimate of drug-likeness (QED) is 0.525. The average molecular weight is 417 g/mol. The molecule has 3 aromatic rings. The molecule has 0 N–H and O–H groups in total. The number of aromatic nitrogens is 1. The van der Waals surface area contributed by atoms with Crippen LogP contribution in [0.2, 0.25) is 0 Å². The SMILES string of the molecule is COc1ccc(CN(C)C(=O)COC(=O)Cc2csc(-c3cccs3)n2)cc1. The second-order valence-corrected chi connectivity index (χ2v) is 7.86. The van der Waals surface area contributed by atoms with E-state index in [9.17, 15) is 9.59 Å². The minimum absolute atomic E-state index is 0.0529. The molecule has 0 spiro atoms.